The number of benzene rings is 1. The van der Waals surface area contributed by atoms with E-state index in [0.717, 1.165) is 5.56 Å². The SMILES string of the molecule is FC(F)(F)Oc1cc2c(cc1Cl)C=CNC2. The number of hydrogen-bond donors (Lipinski definition) is 1. The summed E-state index contributed by atoms with van der Waals surface area (Å²) in [6.07, 6.45) is -1.28. The first-order chi connectivity index (χ1) is 7.46. The van der Waals surface area contributed by atoms with Gasteiger partial charge in [-0.2, -0.15) is 0 Å². The van der Waals surface area contributed by atoms with Crippen molar-refractivity contribution in [2.75, 3.05) is 0 Å². The van der Waals surface area contributed by atoms with Gasteiger partial charge in [0.05, 0.1) is 5.02 Å². The van der Waals surface area contributed by atoms with Crippen LogP contribution in [0.5, 0.6) is 5.75 Å². The van der Waals surface area contributed by atoms with E-state index in [1.807, 2.05) is 0 Å². The number of fused-ring (bicyclic) bond motifs is 1. The van der Waals surface area contributed by atoms with Gasteiger partial charge in [-0.25, -0.2) is 0 Å². The van der Waals surface area contributed by atoms with Crippen LogP contribution in [0.4, 0.5) is 13.2 Å². The maximum Gasteiger partial charge on any atom is 0.573 e. The molecule has 0 aromatic heterocycles. The van der Waals surface area contributed by atoms with Crippen molar-refractivity contribution in [3.05, 3.63) is 34.5 Å². The minimum Gasteiger partial charge on any atom is -0.404 e. The van der Waals surface area contributed by atoms with Crippen LogP contribution in [0.3, 0.4) is 0 Å². The van der Waals surface area contributed by atoms with Crippen LogP contribution >= 0.6 is 11.6 Å². The van der Waals surface area contributed by atoms with Gasteiger partial charge < -0.3 is 10.1 Å². The standard InChI is InChI=1S/C10H7ClF3NO/c11-8-3-6-1-2-15-5-7(6)4-9(8)16-10(12,13)14/h1-4,15H,5H2. The average molecular weight is 250 g/mol. The molecule has 0 bridgehead atoms. The smallest absolute Gasteiger partial charge is 0.404 e. The number of ether oxygens (including phenoxy) is 1. The van der Waals surface area contributed by atoms with Gasteiger partial charge in [-0.15, -0.1) is 13.2 Å². The van der Waals surface area contributed by atoms with Crippen LogP contribution in [0, 0.1) is 0 Å². The van der Waals surface area contributed by atoms with E-state index in [-0.39, 0.29) is 10.8 Å². The van der Waals surface area contributed by atoms with Crippen molar-refractivity contribution in [3.63, 3.8) is 0 Å². The van der Waals surface area contributed by atoms with Gasteiger partial charge in [0.25, 0.3) is 0 Å². The second-order valence-electron chi connectivity index (χ2n) is 3.24. The number of halogens is 4. The predicted molar refractivity (Wildman–Crippen MR) is 54.0 cm³/mol. The second kappa shape index (κ2) is 3.90. The molecule has 0 aliphatic carbocycles. The van der Waals surface area contributed by atoms with E-state index < -0.39 is 6.36 Å². The fourth-order valence-electron chi connectivity index (χ4n) is 1.44. The maximum absolute atomic E-state index is 12.0. The Morgan fingerprint density at radius 2 is 2.06 bits per heavy atom. The molecule has 0 saturated heterocycles. The van der Waals surface area contributed by atoms with Gasteiger partial charge in [-0.05, 0) is 35.5 Å². The average Bonchev–Trinajstić information content (AvgIpc) is 2.17. The van der Waals surface area contributed by atoms with Crippen molar-refractivity contribution in [1.29, 1.82) is 0 Å². The summed E-state index contributed by atoms with van der Waals surface area (Å²) in [6, 6.07) is 2.75. The zero-order valence-corrected chi connectivity index (χ0v) is 8.69. The molecule has 1 N–H and O–H groups in total. The molecular weight excluding hydrogens is 243 g/mol. The van der Waals surface area contributed by atoms with Crippen molar-refractivity contribution in [1.82, 2.24) is 5.32 Å². The molecule has 0 saturated carbocycles. The summed E-state index contributed by atoms with van der Waals surface area (Å²) in [5.74, 6) is -0.370. The van der Waals surface area contributed by atoms with Crippen molar-refractivity contribution in [2.45, 2.75) is 12.9 Å². The van der Waals surface area contributed by atoms with E-state index in [1.165, 1.54) is 12.1 Å². The first-order valence-electron chi connectivity index (χ1n) is 4.44. The van der Waals surface area contributed by atoms with E-state index in [2.05, 4.69) is 10.1 Å². The minimum absolute atomic E-state index is 0.0531. The lowest BCUT2D eigenvalue weighted by Crippen LogP contribution is -2.18. The highest BCUT2D eigenvalue weighted by molar-refractivity contribution is 6.32. The summed E-state index contributed by atoms with van der Waals surface area (Å²) in [7, 11) is 0. The lowest BCUT2D eigenvalue weighted by Gasteiger charge is -2.16. The molecule has 1 aliphatic rings. The normalized spacial score (nSPS) is 14.2. The van der Waals surface area contributed by atoms with E-state index in [4.69, 9.17) is 11.6 Å². The molecule has 16 heavy (non-hydrogen) atoms. The molecule has 0 radical (unpaired) electrons. The molecule has 1 aromatic rings. The monoisotopic (exact) mass is 249 g/mol. The third-order valence-electron chi connectivity index (χ3n) is 2.09. The van der Waals surface area contributed by atoms with Crippen molar-refractivity contribution in [2.24, 2.45) is 0 Å². The topological polar surface area (TPSA) is 21.3 Å². The van der Waals surface area contributed by atoms with E-state index >= 15 is 0 Å². The number of rotatable bonds is 1. The minimum atomic E-state index is -4.73. The fourth-order valence-corrected chi connectivity index (χ4v) is 1.65. The van der Waals surface area contributed by atoms with Crippen molar-refractivity contribution < 1.29 is 17.9 Å². The molecule has 1 heterocycles. The Bertz CT molecular complexity index is 442. The Kier molecular flexibility index (Phi) is 2.71. The molecule has 0 amide bonds. The summed E-state index contributed by atoms with van der Waals surface area (Å²) in [5, 5.41) is 2.84. The lowest BCUT2D eigenvalue weighted by molar-refractivity contribution is -0.274. The third-order valence-corrected chi connectivity index (χ3v) is 2.39. The Labute approximate surface area is 94.7 Å². The summed E-state index contributed by atoms with van der Waals surface area (Å²) < 4.78 is 39.9. The largest absolute Gasteiger partial charge is 0.573 e. The van der Waals surface area contributed by atoms with Gasteiger partial charge in [-0.3, -0.25) is 0 Å². The summed E-state index contributed by atoms with van der Waals surface area (Å²) >= 11 is 5.69. The van der Waals surface area contributed by atoms with Gasteiger partial charge in [0.15, 0.2) is 0 Å². The van der Waals surface area contributed by atoms with Crippen LogP contribution in [0.1, 0.15) is 11.1 Å². The molecule has 2 rings (SSSR count). The van der Waals surface area contributed by atoms with Gasteiger partial charge in [-0.1, -0.05) is 11.6 Å². The summed E-state index contributed by atoms with van der Waals surface area (Å²) in [6.45, 7) is 0.456. The Balaban J connectivity index is 2.37. The van der Waals surface area contributed by atoms with E-state index in [9.17, 15) is 13.2 Å². The van der Waals surface area contributed by atoms with Crippen LogP contribution in [-0.4, -0.2) is 6.36 Å². The fraction of sp³-hybridized carbons (Fsp3) is 0.200. The van der Waals surface area contributed by atoms with Gasteiger partial charge in [0, 0.05) is 6.54 Å². The Hall–Kier alpha value is -1.36. The van der Waals surface area contributed by atoms with Crippen LogP contribution in [0.25, 0.3) is 6.08 Å². The molecule has 0 fully saturated rings. The number of hydrogen-bond acceptors (Lipinski definition) is 2. The lowest BCUT2D eigenvalue weighted by atomic mass is 10.1. The van der Waals surface area contributed by atoms with Crippen LogP contribution in [-0.2, 0) is 6.54 Å². The molecule has 0 spiro atoms. The van der Waals surface area contributed by atoms with E-state index in [1.54, 1.807) is 12.3 Å². The maximum atomic E-state index is 12.0. The number of nitrogens with one attached hydrogen (secondary N) is 1. The second-order valence-corrected chi connectivity index (χ2v) is 3.65. The van der Waals surface area contributed by atoms with Crippen molar-refractivity contribution in [3.8, 4) is 5.75 Å². The van der Waals surface area contributed by atoms with Gasteiger partial charge >= 0.3 is 6.36 Å². The first kappa shape index (κ1) is 11.1. The number of alkyl halides is 3. The zero-order chi connectivity index (χ0) is 11.8. The Morgan fingerprint density at radius 3 is 2.75 bits per heavy atom. The Morgan fingerprint density at radius 1 is 1.31 bits per heavy atom. The highest BCUT2D eigenvalue weighted by Gasteiger charge is 2.32. The molecule has 2 nitrogen and oxygen atoms in total. The zero-order valence-electron chi connectivity index (χ0n) is 7.94. The molecule has 0 unspecified atom stereocenters. The quantitative estimate of drug-likeness (QED) is 0.824. The van der Waals surface area contributed by atoms with Crippen LogP contribution in [0.15, 0.2) is 18.3 Å². The summed E-state index contributed by atoms with van der Waals surface area (Å²) in [4.78, 5) is 0. The van der Waals surface area contributed by atoms with Crippen LogP contribution in [0.2, 0.25) is 5.02 Å². The predicted octanol–water partition coefficient (Wildman–Crippen LogP) is 3.31. The third kappa shape index (κ3) is 2.41. The molecule has 1 aromatic carbocycles. The summed E-state index contributed by atoms with van der Waals surface area (Å²) in [5.41, 5.74) is 1.50. The van der Waals surface area contributed by atoms with E-state index in [0.29, 0.717) is 12.1 Å². The van der Waals surface area contributed by atoms with Gasteiger partial charge in [0.2, 0.25) is 0 Å². The molecular formula is C10H7ClF3NO. The molecule has 1 aliphatic heterocycles. The molecule has 86 valence electrons. The molecule has 6 heteroatoms. The molecule has 0 atom stereocenters. The van der Waals surface area contributed by atoms with Gasteiger partial charge in [0.1, 0.15) is 5.75 Å². The van der Waals surface area contributed by atoms with Crippen molar-refractivity contribution >= 4 is 17.7 Å². The van der Waals surface area contributed by atoms with Crippen LogP contribution < -0.4 is 10.1 Å². The highest BCUT2D eigenvalue weighted by atomic mass is 35.5. The first-order valence-corrected chi connectivity index (χ1v) is 4.81. The highest BCUT2D eigenvalue weighted by Crippen LogP contribution is 2.33.